The van der Waals surface area contributed by atoms with Gasteiger partial charge in [-0.25, -0.2) is 4.99 Å². The Morgan fingerprint density at radius 2 is 1.82 bits per heavy atom. The summed E-state index contributed by atoms with van der Waals surface area (Å²) in [6.45, 7) is 5.60. The molecule has 5 nitrogen and oxygen atoms in total. The Kier molecular flexibility index (Phi) is 7.46. The lowest BCUT2D eigenvalue weighted by atomic mass is 10.0. The van der Waals surface area contributed by atoms with E-state index in [2.05, 4.69) is 46.4 Å². The molecule has 1 unspecified atom stereocenters. The van der Waals surface area contributed by atoms with Gasteiger partial charge in [-0.2, -0.15) is 0 Å². The highest BCUT2D eigenvalue weighted by molar-refractivity contribution is 5.92. The Morgan fingerprint density at radius 1 is 1.11 bits per heavy atom. The second-order valence-electron chi connectivity index (χ2n) is 7.50. The molecule has 0 aliphatic carbocycles. The number of aliphatic imine (C=N–C) groups is 1. The first-order chi connectivity index (χ1) is 13.7. The van der Waals surface area contributed by atoms with Crippen LogP contribution in [-0.2, 0) is 24.4 Å². The number of nitrogens with two attached hydrogens (primary N) is 1. The number of hydrogen-bond donors (Lipinski definition) is 2. The zero-order chi connectivity index (χ0) is 19.8. The van der Waals surface area contributed by atoms with Gasteiger partial charge in [0.1, 0.15) is 0 Å². The van der Waals surface area contributed by atoms with Crippen LogP contribution in [0.5, 0.6) is 0 Å². The average molecular weight is 381 g/mol. The first-order valence-electron chi connectivity index (χ1n) is 10.1. The lowest BCUT2D eigenvalue weighted by molar-refractivity contribution is 0.152. The summed E-state index contributed by atoms with van der Waals surface area (Å²) in [5.41, 5.74) is 10.7. The van der Waals surface area contributed by atoms with Crippen LogP contribution in [0.15, 0.2) is 53.5 Å². The van der Waals surface area contributed by atoms with Crippen molar-refractivity contribution in [1.82, 2.24) is 4.90 Å². The lowest BCUT2D eigenvalue weighted by Crippen LogP contribution is -2.37. The Hall–Kier alpha value is -2.37. The number of nitrogens with zero attached hydrogens (tertiary/aromatic N) is 2. The van der Waals surface area contributed by atoms with Gasteiger partial charge in [0.05, 0.1) is 13.2 Å². The standard InChI is InChI=1S/C23H32N4O/c1-18-9-7-8-14-27(18)16-20-11-4-3-10-19(20)15-25-23(24)26-22-13-6-5-12-21(22)17-28-2/h3-6,10-13,18H,7-9,14-17H2,1-2H3,(H3,24,25,26). The predicted molar refractivity (Wildman–Crippen MR) is 116 cm³/mol. The molecule has 1 atom stereocenters. The van der Waals surface area contributed by atoms with Crippen LogP contribution < -0.4 is 11.1 Å². The molecule has 0 bridgehead atoms. The average Bonchev–Trinajstić information content (AvgIpc) is 2.71. The third-order valence-electron chi connectivity index (χ3n) is 5.43. The van der Waals surface area contributed by atoms with Gasteiger partial charge in [-0.05, 0) is 43.5 Å². The fourth-order valence-corrected chi connectivity index (χ4v) is 3.75. The van der Waals surface area contributed by atoms with Crippen molar-refractivity contribution in [2.24, 2.45) is 10.7 Å². The van der Waals surface area contributed by atoms with Crippen LogP contribution in [0.25, 0.3) is 0 Å². The first kappa shape index (κ1) is 20.4. The van der Waals surface area contributed by atoms with Gasteiger partial charge in [-0.1, -0.05) is 48.9 Å². The molecule has 1 aliphatic heterocycles. The molecule has 0 amide bonds. The minimum absolute atomic E-state index is 0.421. The zero-order valence-electron chi connectivity index (χ0n) is 17.0. The molecule has 1 saturated heterocycles. The molecule has 0 saturated carbocycles. The minimum atomic E-state index is 0.421. The number of ether oxygens (including phenoxy) is 1. The van der Waals surface area contributed by atoms with E-state index in [1.54, 1.807) is 7.11 Å². The fourth-order valence-electron chi connectivity index (χ4n) is 3.75. The number of likely N-dealkylation sites (tertiary alicyclic amines) is 1. The summed E-state index contributed by atoms with van der Waals surface area (Å²) < 4.78 is 5.25. The van der Waals surface area contributed by atoms with Crippen molar-refractivity contribution in [2.45, 2.75) is 51.9 Å². The number of anilines is 1. The molecular formula is C23H32N4O. The van der Waals surface area contributed by atoms with E-state index in [0.717, 1.165) is 17.8 Å². The topological polar surface area (TPSA) is 62.9 Å². The van der Waals surface area contributed by atoms with Crippen molar-refractivity contribution >= 4 is 11.6 Å². The van der Waals surface area contributed by atoms with E-state index in [9.17, 15) is 0 Å². The molecular weight excluding hydrogens is 348 g/mol. The Bertz CT molecular complexity index is 790. The van der Waals surface area contributed by atoms with Crippen LogP contribution in [0, 0.1) is 0 Å². The van der Waals surface area contributed by atoms with Crippen LogP contribution in [0.4, 0.5) is 5.69 Å². The summed E-state index contributed by atoms with van der Waals surface area (Å²) in [6.07, 6.45) is 3.93. The van der Waals surface area contributed by atoms with Crippen LogP contribution in [-0.4, -0.2) is 30.6 Å². The summed E-state index contributed by atoms with van der Waals surface area (Å²) in [6, 6.07) is 17.2. The number of para-hydroxylation sites is 1. The van der Waals surface area contributed by atoms with E-state index >= 15 is 0 Å². The van der Waals surface area contributed by atoms with E-state index in [1.165, 1.54) is 36.9 Å². The maximum atomic E-state index is 6.16. The number of rotatable bonds is 7. The molecule has 3 N–H and O–H groups in total. The van der Waals surface area contributed by atoms with Crippen molar-refractivity contribution in [3.63, 3.8) is 0 Å². The van der Waals surface area contributed by atoms with E-state index in [1.807, 2.05) is 24.3 Å². The number of hydrogen-bond acceptors (Lipinski definition) is 3. The largest absolute Gasteiger partial charge is 0.380 e. The second-order valence-corrected chi connectivity index (χ2v) is 7.50. The van der Waals surface area contributed by atoms with E-state index in [4.69, 9.17) is 10.5 Å². The van der Waals surface area contributed by atoms with Gasteiger partial charge < -0.3 is 15.8 Å². The lowest BCUT2D eigenvalue weighted by Gasteiger charge is -2.33. The Labute approximate surface area is 168 Å². The smallest absolute Gasteiger partial charge is 0.193 e. The molecule has 2 aromatic carbocycles. The van der Waals surface area contributed by atoms with Gasteiger partial charge >= 0.3 is 0 Å². The Balaban J connectivity index is 1.67. The van der Waals surface area contributed by atoms with Crippen LogP contribution >= 0.6 is 0 Å². The predicted octanol–water partition coefficient (Wildman–Crippen LogP) is 4.13. The van der Waals surface area contributed by atoms with E-state index in [-0.39, 0.29) is 0 Å². The van der Waals surface area contributed by atoms with Gasteiger partial charge in [0.2, 0.25) is 0 Å². The van der Waals surface area contributed by atoms with Crippen LogP contribution in [0.2, 0.25) is 0 Å². The van der Waals surface area contributed by atoms with Crippen molar-refractivity contribution in [3.8, 4) is 0 Å². The normalized spacial score (nSPS) is 18.2. The van der Waals surface area contributed by atoms with Gasteiger partial charge in [0.15, 0.2) is 5.96 Å². The van der Waals surface area contributed by atoms with Crippen molar-refractivity contribution in [3.05, 3.63) is 65.2 Å². The highest BCUT2D eigenvalue weighted by atomic mass is 16.5. The number of methoxy groups -OCH3 is 1. The first-order valence-corrected chi connectivity index (χ1v) is 10.1. The third-order valence-corrected chi connectivity index (χ3v) is 5.43. The molecule has 1 fully saturated rings. The number of benzene rings is 2. The highest BCUT2D eigenvalue weighted by Gasteiger charge is 2.19. The summed E-state index contributed by atoms with van der Waals surface area (Å²) >= 11 is 0. The van der Waals surface area contributed by atoms with E-state index in [0.29, 0.717) is 25.2 Å². The van der Waals surface area contributed by atoms with Gasteiger partial charge in [0.25, 0.3) is 0 Å². The van der Waals surface area contributed by atoms with Crippen LogP contribution in [0.3, 0.4) is 0 Å². The molecule has 0 spiro atoms. The molecule has 5 heteroatoms. The minimum Gasteiger partial charge on any atom is -0.380 e. The molecule has 0 radical (unpaired) electrons. The van der Waals surface area contributed by atoms with Gasteiger partial charge in [-0.3, -0.25) is 4.90 Å². The van der Waals surface area contributed by atoms with Crippen molar-refractivity contribution in [1.29, 1.82) is 0 Å². The molecule has 150 valence electrons. The number of nitrogens with one attached hydrogen (secondary N) is 1. The van der Waals surface area contributed by atoms with Crippen molar-refractivity contribution in [2.75, 3.05) is 19.0 Å². The quantitative estimate of drug-likeness (QED) is 0.560. The SMILES string of the molecule is COCc1ccccc1NC(N)=NCc1ccccc1CN1CCCCC1C. The molecule has 2 aromatic rings. The maximum absolute atomic E-state index is 6.16. The fraction of sp³-hybridized carbons (Fsp3) is 0.435. The summed E-state index contributed by atoms with van der Waals surface area (Å²) in [7, 11) is 1.69. The number of piperidine rings is 1. The highest BCUT2D eigenvalue weighted by Crippen LogP contribution is 2.21. The zero-order valence-corrected chi connectivity index (χ0v) is 17.0. The maximum Gasteiger partial charge on any atom is 0.193 e. The van der Waals surface area contributed by atoms with E-state index < -0.39 is 0 Å². The second kappa shape index (κ2) is 10.2. The van der Waals surface area contributed by atoms with Gasteiger partial charge in [0, 0.05) is 30.9 Å². The molecule has 1 aliphatic rings. The van der Waals surface area contributed by atoms with Gasteiger partial charge in [-0.15, -0.1) is 0 Å². The summed E-state index contributed by atoms with van der Waals surface area (Å²) in [5, 5.41) is 3.21. The monoisotopic (exact) mass is 380 g/mol. The molecule has 0 aromatic heterocycles. The molecule has 3 rings (SSSR count). The van der Waals surface area contributed by atoms with Crippen molar-refractivity contribution < 1.29 is 4.74 Å². The Morgan fingerprint density at radius 3 is 2.57 bits per heavy atom. The molecule has 1 heterocycles. The summed E-state index contributed by atoms with van der Waals surface area (Å²) in [5.74, 6) is 0.421. The third kappa shape index (κ3) is 5.57. The summed E-state index contributed by atoms with van der Waals surface area (Å²) in [4.78, 5) is 7.17. The molecule has 28 heavy (non-hydrogen) atoms. The number of guanidine groups is 1. The van der Waals surface area contributed by atoms with Crippen LogP contribution in [0.1, 0.15) is 42.9 Å².